The fourth-order valence-electron chi connectivity index (χ4n) is 3.01. The minimum atomic E-state index is -0.199. The third kappa shape index (κ3) is 5.11. The number of benzene rings is 1. The zero-order valence-electron chi connectivity index (χ0n) is 16.2. The van der Waals surface area contributed by atoms with E-state index in [4.69, 9.17) is 4.74 Å². The van der Waals surface area contributed by atoms with Crippen molar-refractivity contribution in [1.29, 1.82) is 0 Å². The van der Waals surface area contributed by atoms with Gasteiger partial charge in [-0.05, 0) is 20.0 Å². The maximum Gasteiger partial charge on any atom is 0.317 e. The molecule has 2 rings (SSSR count). The van der Waals surface area contributed by atoms with Crippen molar-refractivity contribution >= 4 is 11.9 Å². The van der Waals surface area contributed by atoms with Crippen LogP contribution < -0.4 is 10.1 Å². The standard InChI is InChI=1S/C19H30N4O3/c1-15(16-7-5-6-8-17(16)26-4)22(3)19(25)20-10-9-18(24)23-13-11-21(2)12-14-23/h5-8,15H,9-14H2,1-4H3,(H,20,25). The zero-order valence-corrected chi connectivity index (χ0v) is 16.2. The van der Waals surface area contributed by atoms with E-state index in [1.165, 1.54) is 0 Å². The van der Waals surface area contributed by atoms with Crippen LogP contribution in [0.1, 0.15) is 24.9 Å². The van der Waals surface area contributed by atoms with Gasteiger partial charge in [-0.3, -0.25) is 4.79 Å². The molecule has 26 heavy (non-hydrogen) atoms. The Morgan fingerprint density at radius 2 is 1.88 bits per heavy atom. The van der Waals surface area contributed by atoms with Crippen LogP contribution in [0.4, 0.5) is 4.79 Å². The highest BCUT2D eigenvalue weighted by Gasteiger charge is 2.21. The number of para-hydroxylation sites is 1. The van der Waals surface area contributed by atoms with Crippen LogP contribution in [-0.2, 0) is 4.79 Å². The van der Waals surface area contributed by atoms with E-state index in [-0.39, 0.29) is 18.0 Å². The molecule has 144 valence electrons. The highest BCUT2D eigenvalue weighted by Crippen LogP contribution is 2.27. The number of piperazine rings is 1. The molecule has 0 aliphatic carbocycles. The summed E-state index contributed by atoms with van der Waals surface area (Å²) in [6, 6.07) is 7.32. The van der Waals surface area contributed by atoms with Gasteiger partial charge in [0.25, 0.3) is 0 Å². The van der Waals surface area contributed by atoms with Gasteiger partial charge in [-0.25, -0.2) is 4.79 Å². The van der Waals surface area contributed by atoms with E-state index in [9.17, 15) is 9.59 Å². The third-order valence-corrected chi connectivity index (χ3v) is 4.96. The molecule has 7 heteroatoms. The smallest absolute Gasteiger partial charge is 0.317 e. The Balaban J connectivity index is 1.80. The average molecular weight is 362 g/mol. The Morgan fingerprint density at radius 3 is 2.54 bits per heavy atom. The van der Waals surface area contributed by atoms with Crippen LogP contribution in [0.3, 0.4) is 0 Å². The SMILES string of the molecule is COc1ccccc1C(C)N(C)C(=O)NCCC(=O)N1CCN(C)CC1. The molecule has 3 amide bonds. The summed E-state index contributed by atoms with van der Waals surface area (Å²) >= 11 is 0. The van der Waals surface area contributed by atoms with E-state index in [0.29, 0.717) is 13.0 Å². The van der Waals surface area contributed by atoms with Gasteiger partial charge in [0.1, 0.15) is 5.75 Å². The second-order valence-electron chi connectivity index (χ2n) is 6.69. The Labute approximate surface area is 155 Å². The van der Waals surface area contributed by atoms with Gasteiger partial charge < -0.3 is 24.8 Å². The van der Waals surface area contributed by atoms with Gasteiger partial charge in [0.05, 0.1) is 13.2 Å². The fourth-order valence-corrected chi connectivity index (χ4v) is 3.01. The minimum absolute atomic E-state index is 0.0961. The molecule has 0 aromatic heterocycles. The Hall–Kier alpha value is -2.28. The molecule has 1 aliphatic rings. The second kappa shape index (κ2) is 9.43. The predicted octanol–water partition coefficient (Wildman–Crippen LogP) is 1.56. The molecule has 1 fully saturated rings. The molecule has 1 atom stereocenters. The highest BCUT2D eigenvalue weighted by molar-refractivity contribution is 5.78. The van der Waals surface area contributed by atoms with E-state index in [2.05, 4.69) is 17.3 Å². The van der Waals surface area contributed by atoms with Crippen molar-refractivity contribution in [3.63, 3.8) is 0 Å². The van der Waals surface area contributed by atoms with Crippen molar-refractivity contribution in [2.24, 2.45) is 0 Å². The lowest BCUT2D eigenvalue weighted by Gasteiger charge is -2.32. The number of nitrogens with zero attached hydrogens (tertiary/aromatic N) is 3. The van der Waals surface area contributed by atoms with Gasteiger partial charge in [0, 0.05) is 51.8 Å². The molecular weight excluding hydrogens is 332 g/mol. The monoisotopic (exact) mass is 362 g/mol. The van der Waals surface area contributed by atoms with Gasteiger partial charge in [-0.2, -0.15) is 0 Å². The molecule has 1 aromatic rings. The zero-order chi connectivity index (χ0) is 19.1. The topological polar surface area (TPSA) is 65.1 Å². The van der Waals surface area contributed by atoms with Crippen LogP contribution in [0.15, 0.2) is 24.3 Å². The van der Waals surface area contributed by atoms with Crippen LogP contribution >= 0.6 is 0 Å². The molecule has 1 unspecified atom stereocenters. The van der Waals surface area contributed by atoms with Crippen LogP contribution in [0.5, 0.6) is 5.75 Å². The van der Waals surface area contributed by atoms with E-state index in [1.807, 2.05) is 36.1 Å². The predicted molar refractivity (Wildman–Crippen MR) is 101 cm³/mol. The molecule has 1 aliphatic heterocycles. The molecule has 0 saturated carbocycles. The fraction of sp³-hybridized carbons (Fsp3) is 0.579. The first-order valence-corrected chi connectivity index (χ1v) is 9.04. The lowest BCUT2D eigenvalue weighted by Crippen LogP contribution is -2.48. The molecule has 7 nitrogen and oxygen atoms in total. The number of nitrogens with one attached hydrogen (secondary N) is 1. The number of amides is 3. The molecule has 1 heterocycles. The summed E-state index contributed by atoms with van der Waals surface area (Å²) in [6.45, 7) is 5.61. The number of likely N-dealkylation sites (N-methyl/N-ethyl adjacent to an activating group) is 1. The largest absolute Gasteiger partial charge is 0.496 e. The summed E-state index contributed by atoms with van der Waals surface area (Å²) in [6.07, 6.45) is 0.326. The Morgan fingerprint density at radius 1 is 1.23 bits per heavy atom. The molecular formula is C19H30N4O3. The Bertz CT molecular complexity index is 615. The molecule has 1 aromatic carbocycles. The van der Waals surface area contributed by atoms with Crippen LogP contribution in [0.2, 0.25) is 0 Å². The van der Waals surface area contributed by atoms with Crippen molar-refractivity contribution < 1.29 is 14.3 Å². The maximum absolute atomic E-state index is 12.4. The van der Waals surface area contributed by atoms with Crippen molar-refractivity contribution in [2.75, 3.05) is 53.9 Å². The van der Waals surface area contributed by atoms with Crippen molar-refractivity contribution in [2.45, 2.75) is 19.4 Å². The van der Waals surface area contributed by atoms with E-state index < -0.39 is 0 Å². The Kier molecular flexibility index (Phi) is 7.26. The second-order valence-corrected chi connectivity index (χ2v) is 6.69. The van der Waals surface area contributed by atoms with Crippen molar-refractivity contribution in [3.8, 4) is 5.75 Å². The number of carbonyl (C=O) groups is 2. The average Bonchev–Trinajstić information content (AvgIpc) is 2.67. The van der Waals surface area contributed by atoms with Crippen LogP contribution in [-0.4, -0.2) is 80.6 Å². The first-order valence-electron chi connectivity index (χ1n) is 9.04. The molecule has 0 radical (unpaired) electrons. The summed E-state index contributed by atoms with van der Waals surface area (Å²) in [7, 11) is 5.42. The molecule has 0 spiro atoms. The quantitative estimate of drug-likeness (QED) is 0.834. The first kappa shape index (κ1) is 20.0. The van der Waals surface area contributed by atoms with Gasteiger partial charge >= 0.3 is 6.03 Å². The van der Waals surface area contributed by atoms with E-state index in [0.717, 1.165) is 37.5 Å². The summed E-state index contributed by atoms with van der Waals surface area (Å²) in [5.41, 5.74) is 0.946. The summed E-state index contributed by atoms with van der Waals surface area (Å²) < 4.78 is 5.37. The number of methoxy groups -OCH3 is 1. The number of hydrogen-bond acceptors (Lipinski definition) is 4. The van der Waals surface area contributed by atoms with E-state index >= 15 is 0 Å². The lowest BCUT2D eigenvalue weighted by molar-refractivity contribution is -0.132. The van der Waals surface area contributed by atoms with E-state index in [1.54, 1.807) is 19.1 Å². The molecule has 0 bridgehead atoms. The van der Waals surface area contributed by atoms with Crippen LogP contribution in [0.25, 0.3) is 0 Å². The first-order chi connectivity index (χ1) is 12.4. The number of ether oxygens (including phenoxy) is 1. The summed E-state index contributed by atoms with van der Waals surface area (Å²) in [5.74, 6) is 0.851. The number of carbonyl (C=O) groups excluding carboxylic acids is 2. The van der Waals surface area contributed by atoms with Gasteiger partial charge in [-0.1, -0.05) is 18.2 Å². The number of rotatable bonds is 6. The maximum atomic E-state index is 12.4. The molecule has 1 saturated heterocycles. The normalized spacial score (nSPS) is 16.1. The van der Waals surface area contributed by atoms with Crippen molar-refractivity contribution in [1.82, 2.24) is 20.0 Å². The third-order valence-electron chi connectivity index (χ3n) is 4.96. The number of hydrogen-bond donors (Lipinski definition) is 1. The van der Waals surface area contributed by atoms with Gasteiger partial charge in [-0.15, -0.1) is 0 Å². The minimum Gasteiger partial charge on any atom is -0.496 e. The van der Waals surface area contributed by atoms with Gasteiger partial charge in [0.2, 0.25) is 5.91 Å². The highest BCUT2D eigenvalue weighted by atomic mass is 16.5. The van der Waals surface area contributed by atoms with Gasteiger partial charge in [0.15, 0.2) is 0 Å². The lowest BCUT2D eigenvalue weighted by atomic mass is 10.1. The van der Waals surface area contributed by atoms with Crippen molar-refractivity contribution in [3.05, 3.63) is 29.8 Å². The molecule has 1 N–H and O–H groups in total. The number of urea groups is 1. The summed E-state index contributed by atoms with van der Waals surface area (Å²) in [4.78, 5) is 30.3. The van der Waals surface area contributed by atoms with Crippen LogP contribution in [0, 0.1) is 0 Å². The summed E-state index contributed by atoms with van der Waals surface area (Å²) in [5, 5.41) is 2.84.